The molecule has 0 radical (unpaired) electrons. The predicted octanol–water partition coefficient (Wildman–Crippen LogP) is -1.32. The standard InChI is InChI=1S/C11H16O8/c1-4(12)18-6-3-7(19-5(2)13)9(14)10(15)8(6)11(16)17/h6-10,14-15H,3H2,1-2H3,(H,16,17)/t6-,7+,8?,9+,10+/m0/s1. The molecule has 0 aliphatic heterocycles. The van der Waals surface area contributed by atoms with Crippen LogP contribution >= 0.6 is 0 Å². The smallest absolute Gasteiger partial charge is 0.313 e. The second-order valence-corrected chi connectivity index (χ2v) is 4.38. The summed E-state index contributed by atoms with van der Waals surface area (Å²) in [6.07, 6.45) is -5.71. The Balaban J connectivity index is 2.93. The number of carboxylic acids is 1. The van der Waals surface area contributed by atoms with Crippen molar-refractivity contribution in [2.45, 2.75) is 44.7 Å². The lowest BCUT2D eigenvalue weighted by atomic mass is 9.80. The van der Waals surface area contributed by atoms with Gasteiger partial charge in [-0.15, -0.1) is 0 Å². The lowest BCUT2D eigenvalue weighted by Crippen LogP contribution is -2.57. The molecule has 1 rings (SSSR count). The number of carboxylic acid groups (broad SMARTS) is 1. The monoisotopic (exact) mass is 276 g/mol. The van der Waals surface area contributed by atoms with E-state index >= 15 is 0 Å². The van der Waals surface area contributed by atoms with Gasteiger partial charge < -0.3 is 24.8 Å². The van der Waals surface area contributed by atoms with Gasteiger partial charge in [-0.05, 0) is 0 Å². The first-order valence-corrected chi connectivity index (χ1v) is 5.67. The number of ether oxygens (including phenoxy) is 2. The molecule has 1 fully saturated rings. The molecule has 1 saturated carbocycles. The number of carbonyl (C=O) groups excluding carboxylic acids is 2. The van der Waals surface area contributed by atoms with E-state index in [1.807, 2.05) is 0 Å². The third-order valence-corrected chi connectivity index (χ3v) is 2.88. The lowest BCUT2D eigenvalue weighted by Gasteiger charge is -2.39. The minimum absolute atomic E-state index is 0.186. The van der Waals surface area contributed by atoms with E-state index < -0.39 is 48.2 Å². The minimum Gasteiger partial charge on any atom is -0.481 e. The van der Waals surface area contributed by atoms with Gasteiger partial charge in [0.2, 0.25) is 0 Å². The molecule has 0 aromatic carbocycles. The predicted molar refractivity (Wildman–Crippen MR) is 58.9 cm³/mol. The number of aliphatic hydroxyl groups excluding tert-OH is 2. The van der Waals surface area contributed by atoms with Gasteiger partial charge in [0.1, 0.15) is 30.3 Å². The molecular formula is C11H16O8. The molecule has 8 heteroatoms. The van der Waals surface area contributed by atoms with Crippen molar-refractivity contribution in [2.75, 3.05) is 0 Å². The van der Waals surface area contributed by atoms with Crippen molar-refractivity contribution in [3.05, 3.63) is 0 Å². The van der Waals surface area contributed by atoms with Gasteiger partial charge in [0, 0.05) is 20.3 Å². The Morgan fingerprint density at radius 2 is 1.42 bits per heavy atom. The molecule has 0 spiro atoms. The van der Waals surface area contributed by atoms with Crippen molar-refractivity contribution in [1.82, 2.24) is 0 Å². The van der Waals surface area contributed by atoms with Crippen LogP contribution in [0.1, 0.15) is 20.3 Å². The molecule has 8 nitrogen and oxygen atoms in total. The van der Waals surface area contributed by atoms with E-state index in [1.165, 1.54) is 0 Å². The highest BCUT2D eigenvalue weighted by atomic mass is 16.6. The zero-order chi connectivity index (χ0) is 14.7. The van der Waals surface area contributed by atoms with Gasteiger partial charge in [0.15, 0.2) is 0 Å². The Morgan fingerprint density at radius 1 is 0.947 bits per heavy atom. The molecule has 1 aliphatic rings. The van der Waals surface area contributed by atoms with Crippen LogP contribution in [-0.2, 0) is 23.9 Å². The highest BCUT2D eigenvalue weighted by Crippen LogP contribution is 2.30. The van der Waals surface area contributed by atoms with E-state index in [4.69, 9.17) is 14.6 Å². The number of hydrogen-bond donors (Lipinski definition) is 3. The van der Waals surface area contributed by atoms with Crippen LogP contribution in [-0.4, -0.2) is 57.6 Å². The molecule has 5 atom stereocenters. The van der Waals surface area contributed by atoms with Crippen molar-refractivity contribution in [3.8, 4) is 0 Å². The minimum atomic E-state index is -1.69. The van der Waals surface area contributed by atoms with E-state index in [0.717, 1.165) is 13.8 Å². The first-order chi connectivity index (χ1) is 8.73. The SMILES string of the molecule is CC(=O)O[C@H]1C[C@@H](OC(C)=O)[C@@H](O)[C@H](O)C1C(=O)O. The van der Waals surface area contributed by atoms with Crippen LogP contribution in [0.4, 0.5) is 0 Å². The van der Waals surface area contributed by atoms with Gasteiger partial charge in [-0.25, -0.2) is 0 Å². The summed E-state index contributed by atoms with van der Waals surface area (Å²) in [4.78, 5) is 32.9. The van der Waals surface area contributed by atoms with Crippen LogP contribution < -0.4 is 0 Å². The van der Waals surface area contributed by atoms with Crippen LogP contribution in [0.5, 0.6) is 0 Å². The molecule has 0 aromatic rings. The summed E-state index contributed by atoms with van der Waals surface area (Å²) in [5.74, 6) is -4.28. The zero-order valence-electron chi connectivity index (χ0n) is 10.5. The summed E-state index contributed by atoms with van der Waals surface area (Å²) in [7, 11) is 0. The largest absolute Gasteiger partial charge is 0.481 e. The third-order valence-electron chi connectivity index (χ3n) is 2.88. The summed E-state index contributed by atoms with van der Waals surface area (Å²) in [6.45, 7) is 2.21. The van der Waals surface area contributed by atoms with Crippen molar-refractivity contribution in [2.24, 2.45) is 5.92 Å². The fourth-order valence-electron chi connectivity index (χ4n) is 2.14. The number of esters is 2. The summed E-state index contributed by atoms with van der Waals surface area (Å²) >= 11 is 0. The van der Waals surface area contributed by atoms with E-state index in [-0.39, 0.29) is 6.42 Å². The van der Waals surface area contributed by atoms with Crippen LogP contribution in [0.2, 0.25) is 0 Å². The molecule has 19 heavy (non-hydrogen) atoms. The second kappa shape index (κ2) is 5.98. The number of rotatable bonds is 3. The number of carbonyl (C=O) groups is 3. The van der Waals surface area contributed by atoms with Crippen molar-refractivity contribution >= 4 is 17.9 Å². The molecule has 0 aromatic heterocycles. The first-order valence-electron chi connectivity index (χ1n) is 5.67. The number of hydrogen-bond acceptors (Lipinski definition) is 7. The van der Waals surface area contributed by atoms with E-state index in [0.29, 0.717) is 0 Å². The first kappa shape index (κ1) is 15.4. The quantitative estimate of drug-likeness (QED) is 0.541. The Hall–Kier alpha value is -1.67. The highest BCUT2D eigenvalue weighted by Gasteiger charge is 2.50. The fourth-order valence-corrected chi connectivity index (χ4v) is 2.14. The Bertz CT molecular complexity index is 377. The maximum atomic E-state index is 11.1. The van der Waals surface area contributed by atoms with Gasteiger partial charge in [0.05, 0.1) is 0 Å². The third kappa shape index (κ3) is 3.65. The maximum absolute atomic E-state index is 11.1. The van der Waals surface area contributed by atoms with Crippen LogP contribution in [0.25, 0.3) is 0 Å². The van der Waals surface area contributed by atoms with Crippen LogP contribution in [0.3, 0.4) is 0 Å². The zero-order valence-corrected chi connectivity index (χ0v) is 10.5. The summed E-state index contributed by atoms with van der Waals surface area (Å²) < 4.78 is 9.59. The average molecular weight is 276 g/mol. The van der Waals surface area contributed by atoms with Crippen LogP contribution in [0.15, 0.2) is 0 Å². The van der Waals surface area contributed by atoms with E-state index in [1.54, 1.807) is 0 Å². The highest BCUT2D eigenvalue weighted by molar-refractivity contribution is 5.73. The summed E-state index contributed by atoms with van der Waals surface area (Å²) in [5, 5.41) is 28.5. The summed E-state index contributed by atoms with van der Waals surface area (Å²) in [6, 6.07) is 0. The van der Waals surface area contributed by atoms with E-state index in [9.17, 15) is 24.6 Å². The molecule has 108 valence electrons. The summed E-state index contributed by atoms with van der Waals surface area (Å²) in [5.41, 5.74) is 0. The molecule has 0 amide bonds. The Labute approximate surface area is 108 Å². The molecule has 1 aliphatic carbocycles. The number of aliphatic hydroxyl groups is 2. The van der Waals surface area contributed by atoms with Crippen molar-refractivity contribution < 1.29 is 39.2 Å². The average Bonchev–Trinajstić information content (AvgIpc) is 2.23. The van der Waals surface area contributed by atoms with Gasteiger partial charge in [0.25, 0.3) is 0 Å². The normalized spacial score (nSPS) is 34.4. The maximum Gasteiger partial charge on any atom is 0.313 e. The lowest BCUT2D eigenvalue weighted by molar-refractivity contribution is -0.197. The van der Waals surface area contributed by atoms with E-state index in [2.05, 4.69) is 0 Å². The molecule has 0 saturated heterocycles. The molecular weight excluding hydrogens is 260 g/mol. The van der Waals surface area contributed by atoms with Gasteiger partial charge >= 0.3 is 17.9 Å². The van der Waals surface area contributed by atoms with Crippen LogP contribution in [0, 0.1) is 5.92 Å². The second-order valence-electron chi connectivity index (χ2n) is 4.38. The fraction of sp³-hybridized carbons (Fsp3) is 0.727. The Kier molecular flexibility index (Phi) is 4.84. The molecule has 0 heterocycles. The van der Waals surface area contributed by atoms with Gasteiger partial charge in [-0.2, -0.15) is 0 Å². The topological polar surface area (TPSA) is 130 Å². The van der Waals surface area contributed by atoms with Gasteiger partial charge in [-0.1, -0.05) is 0 Å². The molecule has 1 unspecified atom stereocenters. The van der Waals surface area contributed by atoms with Gasteiger partial charge in [-0.3, -0.25) is 14.4 Å². The van der Waals surface area contributed by atoms with Crippen molar-refractivity contribution in [1.29, 1.82) is 0 Å². The number of aliphatic carboxylic acids is 1. The molecule has 0 bridgehead atoms. The van der Waals surface area contributed by atoms with Crippen molar-refractivity contribution in [3.63, 3.8) is 0 Å². The molecule has 3 N–H and O–H groups in total. The Morgan fingerprint density at radius 3 is 1.84 bits per heavy atom.